The van der Waals surface area contributed by atoms with Crippen molar-refractivity contribution in [3.63, 3.8) is 0 Å². The van der Waals surface area contributed by atoms with Crippen molar-refractivity contribution < 1.29 is 19.6 Å². The molecule has 0 aliphatic heterocycles. The fourth-order valence-corrected chi connectivity index (χ4v) is 1.37. The predicted molar refractivity (Wildman–Crippen MR) is 67.1 cm³/mol. The number of benzene rings is 1. The number of amides is 2. The maximum Gasteiger partial charge on any atom is 0.325 e. The molecule has 1 aromatic carbocycles. The SMILES string of the molecule is Cc1c(NC(=O)NC(C)C(=O)O)cccc1[N+](=O)[O-]. The van der Waals surface area contributed by atoms with Gasteiger partial charge in [-0.05, 0) is 19.9 Å². The number of nitro groups is 1. The molecule has 0 aliphatic rings. The van der Waals surface area contributed by atoms with Crippen molar-refractivity contribution in [2.24, 2.45) is 0 Å². The van der Waals surface area contributed by atoms with Crippen LogP contribution in [0.15, 0.2) is 18.2 Å². The molecular weight excluding hydrogens is 254 g/mol. The first-order chi connectivity index (χ1) is 8.82. The summed E-state index contributed by atoms with van der Waals surface area (Å²) in [5.74, 6) is -1.18. The summed E-state index contributed by atoms with van der Waals surface area (Å²) in [5.41, 5.74) is 0.430. The molecule has 0 saturated heterocycles. The number of rotatable bonds is 4. The third-order valence-corrected chi connectivity index (χ3v) is 2.47. The minimum Gasteiger partial charge on any atom is -0.480 e. The van der Waals surface area contributed by atoms with E-state index in [1.165, 1.54) is 32.0 Å². The second-order valence-corrected chi connectivity index (χ2v) is 3.87. The zero-order valence-corrected chi connectivity index (χ0v) is 10.3. The molecule has 0 bridgehead atoms. The van der Waals surface area contributed by atoms with Crippen molar-refractivity contribution in [1.82, 2.24) is 5.32 Å². The van der Waals surface area contributed by atoms with E-state index in [2.05, 4.69) is 10.6 Å². The number of carbonyl (C=O) groups is 2. The number of carboxylic acids is 1. The first-order valence-corrected chi connectivity index (χ1v) is 5.37. The molecule has 0 aromatic heterocycles. The van der Waals surface area contributed by atoms with Crippen LogP contribution in [0.3, 0.4) is 0 Å². The van der Waals surface area contributed by atoms with Crippen LogP contribution in [0, 0.1) is 17.0 Å². The monoisotopic (exact) mass is 267 g/mol. The van der Waals surface area contributed by atoms with Crippen LogP contribution in [0.2, 0.25) is 0 Å². The molecule has 0 saturated carbocycles. The van der Waals surface area contributed by atoms with Crippen LogP contribution in [0.1, 0.15) is 12.5 Å². The molecule has 1 aromatic rings. The lowest BCUT2D eigenvalue weighted by molar-refractivity contribution is -0.385. The summed E-state index contributed by atoms with van der Waals surface area (Å²) in [6, 6.07) is 2.45. The molecule has 1 atom stereocenters. The predicted octanol–water partition coefficient (Wildman–Crippen LogP) is 1.50. The Bertz CT molecular complexity index is 529. The maximum atomic E-state index is 11.5. The van der Waals surface area contributed by atoms with E-state index in [0.29, 0.717) is 5.56 Å². The van der Waals surface area contributed by atoms with Gasteiger partial charge >= 0.3 is 12.0 Å². The van der Waals surface area contributed by atoms with Crippen LogP contribution >= 0.6 is 0 Å². The molecule has 1 rings (SSSR count). The van der Waals surface area contributed by atoms with Gasteiger partial charge in [-0.3, -0.25) is 14.9 Å². The van der Waals surface area contributed by atoms with Crippen LogP contribution in [0.5, 0.6) is 0 Å². The summed E-state index contributed by atoms with van der Waals surface area (Å²) in [5, 5.41) is 23.9. The van der Waals surface area contributed by atoms with Crippen LogP contribution in [0.4, 0.5) is 16.2 Å². The van der Waals surface area contributed by atoms with E-state index in [1.54, 1.807) is 0 Å². The van der Waals surface area contributed by atoms with Gasteiger partial charge in [0, 0.05) is 6.07 Å². The Labute approximate surface area is 108 Å². The van der Waals surface area contributed by atoms with E-state index in [4.69, 9.17) is 5.11 Å². The summed E-state index contributed by atoms with van der Waals surface area (Å²) in [7, 11) is 0. The Morgan fingerprint density at radius 2 is 2.05 bits per heavy atom. The topological polar surface area (TPSA) is 122 Å². The fraction of sp³-hybridized carbons (Fsp3) is 0.273. The molecule has 102 valence electrons. The average Bonchev–Trinajstić information content (AvgIpc) is 2.31. The van der Waals surface area contributed by atoms with Gasteiger partial charge in [-0.15, -0.1) is 0 Å². The first kappa shape index (κ1) is 14.4. The highest BCUT2D eigenvalue weighted by Crippen LogP contribution is 2.24. The third kappa shape index (κ3) is 3.66. The van der Waals surface area contributed by atoms with Crippen molar-refractivity contribution in [3.8, 4) is 0 Å². The number of urea groups is 1. The minimum absolute atomic E-state index is 0.121. The van der Waals surface area contributed by atoms with E-state index in [-0.39, 0.29) is 11.4 Å². The summed E-state index contributed by atoms with van der Waals surface area (Å²) in [4.78, 5) is 32.2. The van der Waals surface area contributed by atoms with Crippen LogP contribution in [-0.2, 0) is 4.79 Å². The number of nitrogens with one attached hydrogen (secondary N) is 2. The van der Waals surface area contributed by atoms with Crippen molar-refractivity contribution >= 4 is 23.4 Å². The van der Waals surface area contributed by atoms with Gasteiger partial charge in [-0.25, -0.2) is 4.79 Å². The van der Waals surface area contributed by atoms with E-state index in [1.807, 2.05) is 0 Å². The Balaban J connectivity index is 2.83. The molecule has 2 amide bonds. The molecule has 1 unspecified atom stereocenters. The van der Waals surface area contributed by atoms with E-state index >= 15 is 0 Å². The lowest BCUT2D eigenvalue weighted by Crippen LogP contribution is -2.40. The smallest absolute Gasteiger partial charge is 0.325 e. The van der Waals surface area contributed by atoms with Gasteiger partial charge in [-0.1, -0.05) is 6.07 Å². The molecule has 3 N–H and O–H groups in total. The first-order valence-electron chi connectivity index (χ1n) is 5.37. The van der Waals surface area contributed by atoms with Gasteiger partial charge < -0.3 is 15.7 Å². The van der Waals surface area contributed by atoms with E-state index < -0.39 is 23.0 Å². The number of nitro benzene ring substituents is 1. The molecule has 8 nitrogen and oxygen atoms in total. The number of hydrogen-bond acceptors (Lipinski definition) is 4. The summed E-state index contributed by atoms with van der Waals surface area (Å²) >= 11 is 0. The third-order valence-electron chi connectivity index (χ3n) is 2.47. The lowest BCUT2D eigenvalue weighted by atomic mass is 10.1. The largest absolute Gasteiger partial charge is 0.480 e. The molecule has 0 aliphatic carbocycles. The molecule has 0 heterocycles. The number of nitrogens with zero attached hydrogens (tertiary/aromatic N) is 1. The normalized spacial score (nSPS) is 11.5. The van der Waals surface area contributed by atoms with Crippen molar-refractivity contribution in [2.75, 3.05) is 5.32 Å². The fourth-order valence-electron chi connectivity index (χ4n) is 1.37. The Hall–Kier alpha value is -2.64. The minimum atomic E-state index is -1.18. The highest BCUT2D eigenvalue weighted by molar-refractivity contribution is 5.93. The van der Waals surface area contributed by atoms with Crippen LogP contribution < -0.4 is 10.6 Å². The van der Waals surface area contributed by atoms with E-state index in [0.717, 1.165) is 0 Å². The molecular formula is C11H13N3O5. The second kappa shape index (κ2) is 5.80. The summed E-state index contributed by atoms with van der Waals surface area (Å²) in [6.45, 7) is 2.80. The van der Waals surface area contributed by atoms with Crippen LogP contribution in [-0.4, -0.2) is 28.1 Å². The maximum absolute atomic E-state index is 11.5. The molecule has 8 heteroatoms. The van der Waals surface area contributed by atoms with Crippen molar-refractivity contribution in [2.45, 2.75) is 19.9 Å². The zero-order chi connectivity index (χ0) is 14.6. The van der Waals surface area contributed by atoms with E-state index in [9.17, 15) is 19.7 Å². The number of carbonyl (C=O) groups excluding carboxylic acids is 1. The van der Waals surface area contributed by atoms with Crippen molar-refractivity contribution in [1.29, 1.82) is 0 Å². The summed E-state index contributed by atoms with van der Waals surface area (Å²) in [6.07, 6.45) is 0. The molecule has 0 fully saturated rings. The number of carboxylic acid groups (broad SMARTS) is 1. The second-order valence-electron chi connectivity index (χ2n) is 3.87. The van der Waals surface area contributed by atoms with Crippen LogP contribution in [0.25, 0.3) is 0 Å². The molecule has 0 spiro atoms. The van der Waals surface area contributed by atoms with Gasteiger partial charge in [0.15, 0.2) is 0 Å². The zero-order valence-electron chi connectivity index (χ0n) is 10.3. The van der Waals surface area contributed by atoms with Gasteiger partial charge in [0.05, 0.1) is 16.2 Å². The average molecular weight is 267 g/mol. The highest BCUT2D eigenvalue weighted by atomic mass is 16.6. The number of hydrogen-bond donors (Lipinski definition) is 3. The highest BCUT2D eigenvalue weighted by Gasteiger charge is 2.17. The van der Waals surface area contributed by atoms with Crippen molar-refractivity contribution in [3.05, 3.63) is 33.9 Å². The van der Waals surface area contributed by atoms with Gasteiger partial charge in [0.25, 0.3) is 5.69 Å². The Kier molecular flexibility index (Phi) is 4.41. The molecule has 19 heavy (non-hydrogen) atoms. The quantitative estimate of drug-likeness (QED) is 0.563. The Morgan fingerprint density at radius 3 is 2.58 bits per heavy atom. The molecule has 0 radical (unpaired) electrons. The Morgan fingerprint density at radius 1 is 1.42 bits per heavy atom. The van der Waals surface area contributed by atoms with Gasteiger partial charge in [0.1, 0.15) is 6.04 Å². The summed E-state index contributed by atoms with van der Waals surface area (Å²) < 4.78 is 0. The van der Waals surface area contributed by atoms with Gasteiger partial charge in [-0.2, -0.15) is 0 Å². The lowest BCUT2D eigenvalue weighted by Gasteiger charge is -2.12. The van der Waals surface area contributed by atoms with Gasteiger partial charge in [0.2, 0.25) is 0 Å². The number of anilines is 1. The number of aliphatic carboxylic acids is 1. The standard InChI is InChI=1S/C11H13N3O5/c1-6-8(4-3-5-9(6)14(18)19)13-11(17)12-7(2)10(15)16/h3-5,7H,1-2H3,(H,15,16)(H2,12,13,17).